The van der Waals surface area contributed by atoms with Gasteiger partial charge in [0.05, 0.1) is 26.2 Å². The molecule has 1 aromatic carbocycles. The summed E-state index contributed by atoms with van der Waals surface area (Å²) in [6.45, 7) is 11.1. The fourth-order valence-electron chi connectivity index (χ4n) is 3.57. The minimum absolute atomic E-state index is 0.000951. The van der Waals surface area contributed by atoms with Crippen molar-refractivity contribution >= 4 is 23.5 Å². The summed E-state index contributed by atoms with van der Waals surface area (Å²) in [7, 11) is 0. The Balaban J connectivity index is 1.79. The Morgan fingerprint density at radius 2 is 1.74 bits per heavy atom. The summed E-state index contributed by atoms with van der Waals surface area (Å²) in [5.74, 6) is -0.357. The van der Waals surface area contributed by atoms with Crippen molar-refractivity contribution in [1.29, 1.82) is 0 Å². The number of hydrogen-bond donors (Lipinski definition) is 1. The van der Waals surface area contributed by atoms with E-state index in [4.69, 9.17) is 4.74 Å². The molecule has 0 aromatic heterocycles. The minimum Gasteiger partial charge on any atom is -0.465 e. The first-order valence-electron chi connectivity index (χ1n) is 11.1. The van der Waals surface area contributed by atoms with Gasteiger partial charge in [-0.15, -0.1) is 0 Å². The molecule has 0 saturated carbocycles. The second-order valence-corrected chi connectivity index (χ2v) is 8.02. The van der Waals surface area contributed by atoms with Gasteiger partial charge in [0.25, 0.3) is 0 Å². The normalized spacial score (nSPS) is 14.7. The molecule has 2 amide bonds. The topological polar surface area (TPSA) is 82.2 Å². The van der Waals surface area contributed by atoms with Crippen LogP contribution in [-0.4, -0.2) is 90.9 Å². The van der Waals surface area contributed by atoms with Gasteiger partial charge in [-0.3, -0.25) is 24.2 Å². The van der Waals surface area contributed by atoms with E-state index < -0.39 is 0 Å². The largest absolute Gasteiger partial charge is 0.465 e. The van der Waals surface area contributed by atoms with Gasteiger partial charge in [-0.05, 0) is 38.8 Å². The van der Waals surface area contributed by atoms with Gasteiger partial charge < -0.3 is 15.0 Å². The van der Waals surface area contributed by atoms with Crippen molar-refractivity contribution < 1.29 is 19.1 Å². The molecule has 1 N–H and O–H groups in total. The van der Waals surface area contributed by atoms with Crippen molar-refractivity contribution in [2.24, 2.45) is 0 Å². The molecule has 31 heavy (non-hydrogen) atoms. The number of aryl methyl sites for hydroxylation is 1. The molecule has 1 aromatic rings. The number of anilines is 1. The molecule has 2 rings (SSSR count). The van der Waals surface area contributed by atoms with Crippen LogP contribution >= 0.6 is 0 Å². The number of ether oxygens (including phenoxy) is 1. The molecule has 0 spiro atoms. The van der Waals surface area contributed by atoms with Crippen LogP contribution in [-0.2, 0) is 25.5 Å². The van der Waals surface area contributed by atoms with Gasteiger partial charge in [0, 0.05) is 37.9 Å². The highest BCUT2D eigenvalue weighted by molar-refractivity contribution is 5.93. The third-order valence-corrected chi connectivity index (χ3v) is 5.47. The third kappa shape index (κ3) is 7.95. The van der Waals surface area contributed by atoms with Crippen LogP contribution in [0.4, 0.5) is 5.69 Å². The Bertz CT molecular complexity index is 745. The second kappa shape index (κ2) is 12.4. The second-order valence-electron chi connectivity index (χ2n) is 8.02. The molecule has 0 radical (unpaired) electrons. The zero-order valence-electron chi connectivity index (χ0n) is 19.2. The minimum atomic E-state index is -0.315. The average Bonchev–Trinajstić information content (AvgIpc) is 2.74. The summed E-state index contributed by atoms with van der Waals surface area (Å²) >= 11 is 0. The maximum Gasteiger partial charge on any atom is 0.320 e. The van der Waals surface area contributed by atoms with Crippen molar-refractivity contribution in [1.82, 2.24) is 14.7 Å². The van der Waals surface area contributed by atoms with E-state index in [1.165, 1.54) is 0 Å². The predicted molar refractivity (Wildman–Crippen MR) is 121 cm³/mol. The lowest BCUT2D eigenvalue weighted by Gasteiger charge is -2.36. The van der Waals surface area contributed by atoms with E-state index in [9.17, 15) is 14.4 Å². The number of nitrogens with one attached hydrogen (secondary N) is 1. The number of nitrogens with zero attached hydrogens (tertiary/aromatic N) is 3. The molecular weight excluding hydrogens is 396 g/mol. The zero-order valence-corrected chi connectivity index (χ0v) is 19.2. The summed E-state index contributed by atoms with van der Waals surface area (Å²) < 4.78 is 5.01. The summed E-state index contributed by atoms with van der Waals surface area (Å²) in [6.07, 6.45) is 0.862. The lowest BCUT2D eigenvalue weighted by atomic mass is 10.1. The van der Waals surface area contributed by atoms with Gasteiger partial charge in [-0.25, -0.2) is 0 Å². The van der Waals surface area contributed by atoms with Crippen LogP contribution in [0.3, 0.4) is 0 Å². The quantitative estimate of drug-likeness (QED) is 0.566. The fraction of sp³-hybridized carbons (Fsp3) is 0.609. The maximum atomic E-state index is 12.7. The molecule has 1 aliphatic heterocycles. The van der Waals surface area contributed by atoms with Gasteiger partial charge in [-0.1, -0.05) is 25.1 Å². The molecule has 8 nitrogen and oxygen atoms in total. The van der Waals surface area contributed by atoms with E-state index in [0.717, 1.165) is 17.7 Å². The number of benzene rings is 1. The molecule has 8 heteroatoms. The van der Waals surface area contributed by atoms with Crippen LogP contribution < -0.4 is 5.32 Å². The van der Waals surface area contributed by atoms with Crippen LogP contribution in [0.15, 0.2) is 24.3 Å². The fourth-order valence-corrected chi connectivity index (χ4v) is 3.57. The molecule has 1 aliphatic rings. The summed E-state index contributed by atoms with van der Waals surface area (Å²) in [5.41, 5.74) is 1.97. The third-order valence-electron chi connectivity index (χ3n) is 5.47. The molecule has 1 fully saturated rings. The number of para-hydroxylation sites is 1. The Morgan fingerprint density at radius 1 is 1.06 bits per heavy atom. The number of carbonyl (C=O) groups is 3. The number of piperazine rings is 1. The number of rotatable bonds is 10. The first kappa shape index (κ1) is 24.8. The zero-order chi connectivity index (χ0) is 22.8. The standard InChI is InChI=1S/C23H36N4O4/c1-5-19-9-7-8-10-20(19)24-21(28)15-25-11-13-26(14-12-25)22(29)16-27(18(3)4)17-23(30)31-6-2/h7-10,18H,5-6,11-17H2,1-4H3,(H,24,28). The van der Waals surface area contributed by atoms with Crippen molar-refractivity contribution in [3.05, 3.63) is 29.8 Å². The number of esters is 1. The maximum absolute atomic E-state index is 12.7. The smallest absolute Gasteiger partial charge is 0.320 e. The summed E-state index contributed by atoms with van der Waals surface area (Å²) in [5, 5.41) is 3.00. The first-order chi connectivity index (χ1) is 14.8. The SMILES string of the molecule is CCOC(=O)CN(CC(=O)N1CCN(CC(=O)Nc2ccccc2CC)CC1)C(C)C. The molecule has 0 unspecified atom stereocenters. The highest BCUT2D eigenvalue weighted by Gasteiger charge is 2.25. The van der Waals surface area contributed by atoms with Crippen LogP contribution in [0.25, 0.3) is 0 Å². The first-order valence-corrected chi connectivity index (χ1v) is 11.1. The van der Waals surface area contributed by atoms with E-state index in [-0.39, 0.29) is 36.9 Å². The summed E-state index contributed by atoms with van der Waals surface area (Å²) in [4.78, 5) is 42.7. The molecule has 0 bridgehead atoms. The number of amides is 2. The van der Waals surface area contributed by atoms with Crippen molar-refractivity contribution in [2.45, 2.75) is 40.2 Å². The highest BCUT2D eigenvalue weighted by Crippen LogP contribution is 2.15. The number of carbonyl (C=O) groups excluding carboxylic acids is 3. The Hall–Kier alpha value is -2.45. The van der Waals surface area contributed by atoms with Crippen molar-refractivity contribution in [2.75, 3.05) is 57.7 Å². The Kier molecular flexibility index (Phi) is 9.94. The van der Waals surface area contributed by atoms with E-state index in [1.54, 1.807) is 11.8 Å². The molecular formula is C23H36N4O4. The number of hydrogen-bond acceptors (Lipinski definition) is 6. The molecule has 0 atom stereocenters. The van der Waals surface area contributed by atoms with Crippen molar-refractivity contribution in [3.63, 3.8) is 0 Å². The van der Waals surface area contributed by atoms with E-state index in [0.29, 0.717) is 39.3 Å². The highest BCUT2D eigenvalue weighted by atomic mass is 16.5. The van der Waals surface area contributed by atoms with E-state index >= 15 is 0 Å². The van der Waals surface area contributed by atoms with Gasteiger partial charge >= 0.3 is 5.97 Å². The van der Waals surface area contributed by atoms with Crippen LogP contribution in [0.2, 0.25) is 0 Å². The van der Waals surface area contributed by atoms with Gasteiger partial charge in [0.1, 0.15) is 0 Å². The van der Waals surface area contributed by atoms with Crippen LogP contribution in [0.5, 0.6) is 0 Å². The van der Waals surface area contributed by atoms with E-state index in [2.05, 4.69) is 17.1 Å². The summed E-state index contributed by atoms with van der Waals surface area (Å²) in [6, 6.07) is 7.88. The van der Waals surface area contributed by atoms with E-state index in [1.807, 2.05) is 43.0 Å². The van der Waals surface area contributed by atoms with Crippen LogP contribution in [0.1, 0.15) is 33.3 Å². The molecule has 172 valence electrons. The lowest BCUT2D eigenvalue weighted by molar-refractivity contribution is -0.146. The van der Waals surface area contributed by atoms with Gasteiger partial charge in [-0.2, -0.15) is 0 Å². The Morgan fingerprint density at radius 3 is 2.35 bits per heavy atom. The molecule has 0 aliphatic carbocycles. The molecule has 1 heterocycles. The van der Waals surface area contributed by atoms with Crippen molar-refractivity contribution in [3.8, 4) is 0 Å². The predicted octanol–water partition coefficient (Wildman–Crippen LogP) is 1.61. The van der Waals surface area contributed by atoms with Crippen LogP contribution in [0, 0.1) is 0 Å². The van der Waals surface area contributed by atoms with Gasteiger partial charge in [0.15, 0.2) is 0 Å². The average molecular weight is 433 g/mol. The lowest BCUT2D eigenvalue weighted by Crippen LogP contribution is -2.53. The monoisotopic (exact) mass is 432 g/mol. The van der Waals surface area contributed by atoms with Gasteiger partial charge in [0.2, 0.25) is 11.8 Å². The molecule has 1 saturated heterocycles. The Labute approximate surface area is 185 Å².